The lowest BCUT2D eigenvalue weighted by atomic mass is 10.3. The normalized spacial score (nSPS) is 13.7. The van der Waals surface area contributed by atoms with Crippen molar-refractivity contribution < 1.29 is 8.42 Å². The van der Waals surface area contributed by atoms with Crippen molar-refractivity contribution in [2.75, 3.05) is 0 Å². The summed E-state index contributed by atoms with van der Waals surface area (Å²) in [4.78, 5) is 0.302. The Morgan fingerprint density at radius 3 is 2.87 bits per heavy atom. The smallest absolute Gasteiger partial charge is 0.250 e. The molecule has 0 bridgehead atoms. The quantitative estimate of drug-likeness (QED) is 0.781. The average molecular weight is 264 g/mol. The summed E-state index contributed by atoms with van der Waals surface area (Å²) in [5.74, 6) is 0. The van der Waals surface area contributed by atoms with Gasteiger partial charge in [0, 0.05) is 12.5 Å². The molecule has 0 amide bonds. The molecule has 7 heteroatoms. The van der Waals surface area contributed by atoms with Crippen molar-refractivity contribution >= 4 is 38.6 Å². The van der Waals surface area contributed by atoms with Gasteiger partial charge in [0.05, 0.1) is 4.99 Å². The van der Waals surface area contributed by atoms with Crippen LogP contribution >= 0.6 is 23.6 Å². The van der Waals surface area contributed by atoms with E-state index in [1.54, 1.807) is 24.4 Å². The van der Waals surface area contributed by atoms with Crippen molar-refractivity contribution in [2.24, 2.45) is 5.73 Å². The van der Waals surface area contributed by atoms with Gasteiger partial charge in [-0.2, -0.15) is 0 Å². The summed E-state index contributed by atoms with van der Waals surface area (Å²) in [6, 6.07) is 2.97. The molecule has 1 heterocycles. The summed E-state index contributed by atoms with van der Waals surface area (Å²) in [6.45, 7) is 1.73. The van der Waals surface area contributed by atoms with Crippen LogP contribution in [0.4, 0.5) is 0 Å². The van der Waals surface area contributed by atoms with E-state index in [9.17, 15) is 8.42 Å². The lowest BCUT2D eigenvalue weighted by Gasteiger charge is -2.11. The zero-order valence-corrected chi connectivity index (χ0v) is 10.6. The zero-order chi connectivity index (χ0) is 11.5. The van der Waals surface area contributed by atoms with Crippen molar-refractivity contribution in [1.29, 1.82) is 0 Å². The van der Waals surface area contributed by atoms with Crippen LogP contribution in [0.1, 0.15) is 13.3 Å². The average Bonchev–Trinajstić information content (AvgIpc) is 2.51. The van der Waals surface area contributed by atoms with Crippen LogP contribution in [-0.2, 0) is 10.0 Å². The van der Waals surface area contributed by atoms with Crippen LogP contribution in [0.2, 0.25) is 0 Å². The highest BCUT2D eigenvalue weighted by molar-refractivity contribution is 7.91. The molecule has 4 nitrogen and oxygen atoms in total. The van der Waals surface area contributed by atoms with Crippen LogP contribution < -0.4 is 10.5 Å². The first-order chi connectivity index (χ1) is 6.92. The van der Waals surface area contributed by atoms with E-state index >= 15 is 0 Å². The van der Waals surface area contributed by atoms with E-state index in [1.807, 2.05) is 0 Å². The summed E-state index contributed by atoms with van der Waals surface area (Å²) in [5.41, 5.74) is 5.33. The minimum absolute atomic E-state index is 0.283. The number of sulfonamides is 1. The highest BCUT2D eigenvalue weighted by Crippen LogP contribution is 2.15. The van der Waals surface area contributed by atoms with Crippen molar-refractivity contribution in [3.05, 3.63) is 17.5 Å². The second-order valence-corrected chi connectivity index (χ2v) is 6.54. The first kappa shape index (κ1) is 12.6. The van der Waals surface area contributed by atoms with Crippen LogP contribution in [-0.4, -0.2) is 19.4 Å². The van der Waals surface area contributed by atoms with Gasteiger partial charge >= 0.3 is 0 Å². The predicted octanol–water partition coefficient (Wildman–Crippen LogP) is 1.09. The monoisotopic (exact) mass is 264 g/mol. The molecule has 1 atom stereocenters. The zero-order valence-electron chi connectivity index (χ0n) is 8.14. The molecule has 0 saturated heterocycles. The molecule has 1 aromatic heterocycles. The molecule has 0 fully saturated rings. The summed E-state index contributed by atoms with van der Waals surface area (Å²) in [6.07, 6.45) is 0.361. The van der Waals surface area contributed by atoms with Gasteiger partial charge in [0.15, 0.2) is 0 Å². The number of thiophene rings is 1. The molecule has 0 aliphatic heterocycles. The lowest BCUT2D eigenvalue weighted by Crippen LogP contribution is -2.34. The molecule has 0 saturated carbocycles. The number of hydrogen-bond acceptors (Lipinski definition) is 4. The van der Waals surface area contributed by atoms with Gasteiger partial charge in [-0.15, -0.1) is 11.3 Å². The highest BCUT2D eigenvalue weighted by Gasteiger charge is 2.18. The Labute approximate surface area is 98.5 Å². The number of nitrogens with one attached hydrogen (secondary N) is 1. The molecule has 0 spiro atoms. The van der Waals surface area contributed by atoms with Crippen LogP contribution in [0.5, 0.6) is 0 Å². The Bertz CT molecular complexity index is 425. The number of rotatable bonds is 5. The van der Waals surface area contributed by atoms with Crippen molar-refractivity contribution in [3.8, 4) is 0 Å². The highest BCUT2D eigenvalue weighted by atomic mass is 32.2. The van der Waals surface area contributed by atoms with Gasteiger partial charge in [-0.3, -0.25) is 0 Å². The second kappa shape index (κ2) is 5.02. The van der Waals surface area contributed by atoms with E-state index in [4.69, 9.17) is 18.0 Å². The summed E-state index contributed by atoms with van der Waals surface area (Å²) in [5, 5.41) is 1.72. The maximum Gasteiger partial charge on any atom is 0.250 e. The van der Waals surface area contributed by atoms with Gasteiger partial charge in [-0.25, -0.2) is 13.1 Å². The number of hydrogen-bond donors (Lipinski definition) is 2. The number of thiocarbonyl (C=S) groups is 1. The van der Waals surface area contributed by atoms with E-state index in [2.05, 4.69) is 4.72 Å². The molecular weight excluding hydrogens is 252 g/mol. The summed E-state index contributed by atoms with van der Waals surface area (Å²) >= 11 is 5.88. The third-order valence-corrected chi connectivity index (χ3v) is 4.78. The molecule has 0 radical (unpaired) electrons. The maximum atomic E-state index is 11.7. The summed E-state index contributed by atoms with van der Waals surface area (Å²) in [7, 11) is -3.41. The SMILES string of the molecule is CC(CC(N)=S)NS(=O)(=O)c1cccs1. The molecule has 3 N–H and O–H groups in total. The van der Waals surface area contributed by atoms with Crippen molar-refractivity contribution in [3.63, 3.8) is 0 Å². The van der Waals surface area contributed by atoms with E-state index in [0.29, 0.717) is 15.6 Å². The third-order valence-electron chi connectivity index (χ3n) is 1.62. The molecule has 84 valence electrons. The third kappa shape index (κ3) is 3.86. The standard InChI is InChI=1S/C8H12N2O2S3/c1-6(5-7(9)13)10-15(11,12)8-3-2-4-14-8/h2-4,6,10H,5H2,1H3,(H2,9,13). The number of nitrogens with two attached hydrogens (primary N) is 1. The van der Waals surface area contributed by atoms with Crippen molar-refractivity contribution in [1.82, 2.24) is 4.72 Å². The van der Waals surface area contributed by atoms with Gasteiger partial charge < -0.3 is 5.73 Å². The van der Waals surface area contributed by atoms with E-state index in [0.717, 1.165) is 0 Å². The van der Waals surface area contributed by atoms with Crippen molar-refractivity contribution in [2.45, 2.75) is 23.6 Å². The molecular formula is C8H12N2O2S3. The Balaban J connectivity index is 2.69. The minimum Gasteiger partial charge on any atom is -0.393 e. The summed E-state index contributed by atoms with van der Waals surface area (Å²) < 4.78 is 26.2. The maximum absolute atomic E-state index is 11.7. The van der Waals surface area contributed by atoms with Crippen LogP contribution in [0.25, 0.3) is 0 Å². The fraction of sp³-hybridized carbons (Fsp3) is 0.375. The van der Waals surface area contributed by atoms with Gasteiger partial charge in [0.2, 0.25) is 10.0 Å². The van der Waals surface area contributed by atoms with Gasteiger partial charge in [0.25, 0.3) is 0 Å². The molecule has 0 aliphatic carbocycles. The fourth-order valence-electron chi connectivity index (χ4n) is 1.08. The first-order valence-corrected chi connectivity index (χ1v) is 7.03. The molecule has 1 rings (SSSR count). The van der Waals surface area contributed by atoms with Gasteiger partial charge in [0.1, 0.15) is 4.21 Å². The Hall–Kier alpha value is -0.500. The van der Waals surface area contributed by atoms with Gasteiger partial charge in [-0.05, 0) is 18.4 Å². The largest absolute Gasteiger partial charge is 0.393 e. The molecule has 1 aromatic rings. The molecule has 0 aromatic carbocycles. The first-order valence-electron chi connectivity index (χ1n) is 4.26. The Morgan fingerprint density at radius 2 is 2.40 bits per heavy atom. The topological polar surface area (TPSA) is 72.2 Å². The lowest BCUT2D eigenvalue weighted by molar-refractivity contribution is 0.567. The predicted molar refractivity (Wildman–Crippen MR) is 65.5 cm³/mol. The molecule has 0 aliphatic rings. The Morgan fingerprint density at radius 1 is 1.73 bits per heavy atom. The fourth-order valence-corrected chi connectivity index (χ4v) is 3.59. The molecule has 1 unspecified atom stereocenters. The van der Waals surface area contributed by atoms with Crippen LogP contribution in [0.3, 0.4) is 0 Å². The minimum atomic E-state index is -3.41. The van der Waals surface area contributed by atoms with Crippen LogP contribution in [0.15, 0.2) is 21.7 Å². The van der Waals surface area contributed by atoms with E-state index in [-0.39, 0.29) is 6.04 Å². The van der Waals surface area contributed by atoms with E-state index < -0.39 is 10.0 Å². The van der Waals surface area contributed by atoms with E-state index in [1.165, 1.54) is 11.3 Å². The van der Waals surface area contributed by atoms with Gasteiger partial charge in [-0.1, -0.05) is 18.3 Å². The van der Waals surface area contributed by atoms with Crippen LogP contribution in [0, 0.1) is 0 Å². The molecule has 15 heavy (non-hydrogen) atoms. The Kier molecular flexibility index (Phi) is 4.21. The second-order valence-electron chi connectivity index (χ2n) is 3.12.